The number of benzene rings is 1. The molecule has 1 atom stereocenters. The Morgan fingerprint density at radius 3 is 2.67 bits per heavy atom. The van der Waals surface area contributed by atoms with Crippen molar-refractivity contribution in [3.63, 3.8) is 0 Å². The van der Waals surface area contributed by atoms with Gasteiger partial charge >= 0.3 is 0 Å². The van der Waals surface area contributed by atoms with Crippen LogP contribution < -0.4 is 22.1 Å². The van der Waals surface area contributed by atoms with Gasteiger partial charge in [0, 0.05) is 13.5 Å². The molecule has 0 aliphatic heterocycles. The normalized spacial score (nSPS) is 11.6. The summed E-state index contributed by atoms with van der Waals surface area (Å²) in [5, 5.41) is 5.38. The number of fused-ring (bicyclic) bond motifs is 1. The van der Waals surface area contributed by atoms with Gasteiger partial charge in [-0.15, -0.1) is 11.3 Å². The molecule has 6 N–H and O–H groups in total. The van der Waals surface area contributed by atoms with Crippen LogP contribution in [0, 0.1) is 0 Å². The van der Waals surface area contributed by atoms with Gasteiger partial charge in [-0.3, -0.25) is 19.4 Å². The molecule has 1 unspecified atom stereocenters. The number of ketones is 1. The van der Waals surface area contributed by atoms with Crippen molar-refractivity contribution in [1.29, 1.82) is 0 Å². The highest BCUT2D eigenvalue weighted by Crippen LogP contribution is 2.23. The molecule has 1 heterocycles. The van der Waals surface area contributed by atoms with Crippen LogP contribution in [0.15, 0.2) is 29.3 Å². The van der Waals surface area contributed by atoms with Crippen molar-refractivity contribution in [3.8, 4) is 0 Å². The second-order valence-electron chi connectivity index (χ2n) is 5.83. The quantitative estimate of drug-likeness (QED) is 0.207. The van der Waals surface area contributed by atoms with Crippen molar-refractivity contribution in [3.05, 3.63) is 29.3 Å². The standard InChI is InChI=1S/C17H22N6O3S/c1-10(24)21-9-14(25)22-12(6-4-8-20-17(18)19)15(26)16-23-11-5-2-3-7-13(11)27-16/h2-3,5,7,12H,4,6,8-9H2,1H3,(H,21,24)(H,22,25)(H4,18,19,20). The van der Waals surface area contributed by atoms with Gasteiger partial charge in [0.05, 0.1) is 22.8 Å². The van der Waals surface area contributed by atoms with Gasteiger partial charge in [-0.1, -0.05) is 12.1 Å². The van der Waals surface area contributed by atoms with Gasteiger partial charge in [-0.05, 0) is 25.0 Å². The highest BCUT2D eigenvalue weighted by Gasteiger charge is 2.24. The maximum absolute atomic E-state index is 12.9. The number of hydrogen-bond donors (Lipinski definition) is 4. The summed E-state index contributed by atoms with van der Waals surface area (Å²) in [5.41, 5.74) is 11.3. The van der Waals surface area contributed by atoms with Gasteiger partial charge in [-0.2, -0.15) is 0 Å². The Morgan fingerprint density at radius 1 is 1.26 bits per heavy atom. The molecule has 0 spiro atoms. The first-order valence-corrected chi connectivity index (χ1v) is 9.17. The molecule has 0 aliphatic rings. The van der Waals surface area contributed by atoms with E-state index in [0.717, 1.165) is 10.2 Å². The Morgan fingerprint density at radius 2 is 2.00 bits per heavy atom. The smallest absolute Gasteiger partial charge is 0.239 e. The third-order valence-corrected chi connectivity index (χ3v) is 4.65. The van der Waals surface area contributed by atoms with Crippen LogP contribution in [0.1, 0.15) is 29.6 Å². The lowest BCUT2D eigenvalue weighted by molar-refractivity contribution is -0.125. The van der Waals surface area contributed by atoms with Gasteiger partial charge in [-0.25, -0.2) is 4.98 Å². The van der Waals surface area contributed by atoms with E-state index in [1.807, 2.05) is 24.3 Å². The van der Waals surface area contributed by atoms with Crippen LogP contribution in [-0.4, -0.2) is 47.7 Å². The van der Waals surface area contributed by atoms with E-state index in [1.54, 1.807) is 0 Å². The largest absolute Gasteiger partial charge is 0.370 e. The van der Waals surface area contributed by atoms with Crippen LogP contribution in [0.3, 0.4) is 0 Å². The number of nitrogens with two attached hydrogens (primary N) is 2. The minimum atomic E-state index is -0.777. The molecule has 2 rings (SSSR count). The highest BCUT2D eigenvalue weighted by atomic mass is 32.1. The number of carbonyl (C=O) groups is 3. The van der Waals surface area contributed by atoms with E-state index < -0.39 is 11.9 Å². The summed E-state index contributed by atoms with van der Waals surface area (Å²) >= 11 is 1.27. The van der Waals surface area contributed by atoms with Crippen LogP contribution >= 0.6 is 11.3 Å². The van der Waals surface area contributed by atoms with Crippen LogP contribution in [0.25, 0.3) is 10.2 Å². The van der Waals surface area contributed by atoms with Gasteiger partial charge in [0.25, 0.3) is 0 Å². The molecule has 2 amide bonds. The number of Topliss-reactive ketones (excluding diaryl/α,β-unsaturated/α-hetero) is 1. The van der Waals surface area contributed by atoms with Crippen molar-refractivity contribution < 1.29 is 14.4 Å². The van der Waals surface area contributed by atoms with E-state index in [2.05, 4.69) is 20.6 Å². The molecule has 1 aromatic heterocycles. The first kappa shape index (κ1) is 20.3. The van der Waals surface area contributed by atoms with Crippen molar-refractivity contribution in [2.24, 2.45) is 16.5 Å². The fourth-order valence-electron chi connectivity index (χ4n) is 2.35. The predicted molar refractivity (Wildman–Crippen MR) is 104 cm³/mol. The minimum absolute atomic E-state index is 0.0289. The lowest BCUT2D eigenvalue weighted by Crippen LogP contribution is -2.45. The maximum atomic E-state index is 12.9. The molecule has 144 valence electrons. The molecule has 0 aliphatic carbocycles. The minimum Gasteiger partial charge on any atom is -0.370 e. The SMILES string of the molecule is CC(=O)NCC(=O)NC(CCCN=C(N)N)C(=O)c1nc2ccccc2s1. The lowest BCUT2D eigenvalue weighted by Gasteiger charge is -2.16. The number of amides is 2. The van der Waals surface area contributed by atoms with Crippen molar-refractivity contribution in [2.45, 2.75) is 25.8 Å². The second kappa shape index (κ2) is 9.62. The molecule has 2 aromatic rings. The van der Waals surface area contributed by atoms with E-state index in [1.165, 1.54) is 18.3 Å². The molecule has 0 saturated carbocycles. The number of guanidine groups is 1. The number of nitrogens with one attached hydrogen (secondary N) is 2. The van der Waals surface area contributed by atoms with E-state index in [4.69, 9.17) is 11.5 Å². The van der Waals surface area contributed by atoms with Gasteiger partial charge < -0.3 is 22.1 Å². The molecule has 1 aromatic carbocycles. The monoisotopic (exact) mass is 390 g/mol. The summed E-state index contributed by atoms with van der Waals surface area (Å²) in [5.74, 6) is -1.09. The van der Waals surface area contributed by atoms with E-state index in [9.17, 15) is 14.4 Å². The zero-order valence-corrected chi connectivity index (χ0v) is 15.7. The first-order chi connectivity index (χ1) is 12.9. The summed E-state index contributed by atoms with van der Waals surface area (Å²) in [6.07, 6.45) is 0.844. The number of nitrogens with zero attached hydrogens (tertiary/aromatic N) is 2. The van der Waals surface area contributed by atoms with E-state index in [-0.39, 0.29) is 24.2 Å². The van der Waals surface area contributed by atoms with Crippen molar-refractivity contribution >= 4 is 45.1 Å². The van der Waals surface area contributed by atoms with E-state index in [0.29, 0.717) is 24.4 Å². The summed E-state index contributed by atoms with van der Waals surface area (Å²) in [6, 6.07) is 6.65. The Labute approximate surface area is 160 Å². The summed E-state index contributed by atoms with van der Waals surface area (Å²) in [6.45, 7) is 1.45. The van der Waals surface area contributed by atoms with E-state index >= 15 is 0 Å². The zero-order valence-electron chi connectivity index (χ0n) is 14.9. The fraction of sp³-hybridized carbons (Fsp3) is 0.353. The van der Waals surface area contributed by atoms with Gasteiger partial charge in [0.15, 0.2) is 11.0 Å². The number of carbonyl (C=O) groups excluding carboxylic acids is 3. The lowest BCUT2D eigenvalue weighted by atomic mass is 10.1. The molecule has 0 fully saturated rings. The summed E-state index contributed by atoms with van der Waals surface area (Å²) in [4.78, 5) is 44.1. The number of thiazole rings is 1. The zero-order chi connectivity index (χ0) is 19.8. The number of rotatable bonds is 9. The molecule has 0 radical (unpaired) electrons. The maximum Gasteiger partial charge on any atom is 0.239 e. The van der Waals surface area contributed by atoms with Crippen LogP contribution in [-0.2, 0) is 9.59 Å². The highest BCUT2D eigenvalue weighted by molar-refractivity contribution is 7.20. The molecular formula is C17H22N6O3S. The Bertz CT molecular complexity index is 826. The fourth-order valence-corrected chi connectivity index (χ4v) is 3.31. The topological polar surface area (TPSA) is 153 Å². The first-order valence-electron chi connectivity index (χ1n) is 8.36. The van der Waals surface area contributed by atoms with Crippen molar-refractivity contribution in [2.75, 3.05) is 13.1 Å². The average Bonchev–Trinajstić information content (AvgIpc) is 3.05. The number of para-hydroxylation sites is 1. The molecule has 0 bridgehead atoms. The van der Waals surface area contributed by atoms with Gasteiger partial charge in [0.2, 0.25) is 17.6 Å². The molecule has 9 nitrogen and oxygen atoms in total. The van der Waals surface area contributed by atoms with Crippen LogP contribution in [0.4, 0.5) is 0 Å². The molecule has 0 saturated heterocycles. The van der Waals surface area contributed by atoms with Gasteiger partial charge in [0.1, 0.15) is 0 Å². The van der Waals surface area contributed by atoms with Crippen LogP contribution in [0.5, 0.6) is 0 Å². The Balaban J connectivity index is 2.10. The average molecular weight is 390 g/mol. The Kier molecular flexibility index (Phi) is 7.24. The molecule has 27 heavy (non-hydrogen) atoms. The summed E-state index contributed by atoms with van der Waals surface area (Å²) < 4.78 is 0.893. The molecular weight excluding hydrogens is 368 g/mol. The third kappa shape index (κ3) is 6.33. The molecule has 10 heteroatoms. The summed E-state index contributed by atoms with van der Waals surface area (Å²) in [7, 11) is 0. The number of aromatic nitrogens is 1. The predicted octanol–water partition coefficient (Wildman–Crippen LogP) is 0.154. The van der Waals surface area contributed by atoms with Crippen LogP contribution in [0.2, 0.25) is 0 Å². The third-order valence-electron chi connectivity index (χ3n) is 3.60. The number of aliphatic imine (C=N–C) groups is 1. The second-order valence-corrected chi connectivity index (χ2v) is 6.86. The Hall–Kier alpha value is -3.01. The number of hydrogen-bond acceptors (Lipinski definition) is 6. The van der Waals surface area contributed by atoms with Crippen molar-refractivity contribution in [1.82, 2.24) is 15.6 Å².